The summed E-state index contributed by atoms with van der Waals surface area (Å²) >= 11 is 0. The molecule has 47 heavy (non-hydrogen) atoms. The molecule has 0 aromatic rings. The average Bonchev–Trinajstić information content (AvgIpc) is 3.03. The van der Waals surface area contributed by atoms with Gasteiger partial charge in [-0.05, 0) is 12.8 Å². The minimum absolute atomic E-state index is 0.345. The molecule has 0 saturated carbocycles. The van der Waals surface area contributed by atoms with Gasteiger partial charge >= 0.3 is 11.9 Å². The Bertz CT molecular complexity index is 606. The van der Waals surface area contributed by atoms with Crippen LogP contribution in [0.1, 0.15) is 207 Å². The molecule has 6 N–H and O–H groups in total. The third kappa shape index (κ3) is 71.5. The summed E-state index contributed by atoms with van der Waals surface area (Å²) in [5.74, 6) is -2.14. The second kappa shape index (κ2) is 48.7. The maximum absolute atomic E-state index is 10.3. The van der Waals surface area contributed by atoms with E-state index in [1.807, 2.05) is 0 Å². The number of hydrogen-bond donors (Lipinski definition) is 6. The van der Waals surface area contributed by atoms with Gasteiger partial charge in [-0.25, -0.2) is 0 Å². The summed E-state index contributed by atoms with van der Waals surface area (Å²) in [6, 6.07) is 0. The molecule has 0 atom stereocenters. The van der Waals surface area contributed by atoms with Crippen molar-refractivity contribution >= 4 is 17.9 Å². The number of aliphatic hydroxyl groups is 3. The standard InChI is InChI=1S/C18H36O2.C15H30O2.C3H8O3.C2H4O2/c1-2-3-4-5-6-7-8-9-10-11-12-13-14-15-16-17-18(19)20;1-2-3-4-5-6-7-8-9-10-11-12-13-14-15(16)17;4-1-3(6)2-5;1-2(3)4/h2-17H2,1H3,(H,19,20);2-14H2,1H3,(H,16,17);3-6H,1-2H2;1H3,(H,3,4). The van der Waals surface area contributed by atoms with Crippen LogP contribution in [-0.4, -0.2) is 67.9 Å². The van der Waals surface area contributed by atoms with E-state index in [9.17, 15) is 9.59 Å². The molecule has 9 heteroatoms. The van der Waals surface area contributed by atoms with Crippen molar-refractivity contribution in [2.24, 2.45) is 0 Å². The van der Waals surface area contributed by atoms with Crippen molar-refractivity contribution in [3.8, 4) is 0 Å². The summed E-state index contributed by atoms with van der Waals surface area (Å²) in [5, 5.41) is 48.4. The van der Waals surface area contributed by atoms with Gasteiger partial charge in [-0.2, -0.15) is 0 Å². The van der Waals surface area contributed by atoms with Gasteiger partial charge in [0.05, 0.1) is 13.2 Å². The van der Waals surface area contributed by atoms with Crippen LogP contribution in [0.25, 0.3) is 0 Å². The van der Waals surface area contributed by atoms with Crippen molar-refractivity contribution in [3.63, 3.8) is 0 Å². The highest BCUT2D eigenvalue weighted by molar-refractivity contribution is 5.66. The first-order chi connectivity index (χ1) is 22.6. The zero-order valence-electron chi connectivity index (χ0n) is 30.9. The summed E-state index contributed by atoms with van der Waals surface area (Å²) in [4.78, 5) is 29.6. The fourth-order valence-corrected chi connectivity index (χ4v) is 4.82. The van der Waals surface area contributed by atoms with E-state index in [1.165, 1.54) is 148 Å². The molecule has 0 rings (SSSR count). The van der Waals surface area contributed by atoms with Gasteiger partial charge in [-0.15, -0.1) is 0 Å². The summed E-state index contributed by atoms with van der Waals surface area (Å²) in [6.07, 6.45) is 35.1. The third-order valence-electron chi connectivity index (χ3n) is 7.66. The minimum Gasteiger partial charge on any atom is -0.481 e. The molecular formula is C38H78O9. The van der Waals surface area contributed by atoms with Crippen molar-refractivity contribution in [1.82, 2.24) is 0 Å². The molecule has 0 saturated heterocycles. The maximum Gasteiger partial charge on any atom is 0.303 e. The highest BCUT2D eigenvalue weighted by Crippen LogP contribution is 2.14. The summed E-state index contributed by atoms with van der Waals surface area (Å²) in [5.41, 5.74) is 0. The predicted molar refractivity (Wildman–Crippen MR) is 194 cm³/mol. The van der Waals surface area contributed by atoms with Gasteiger partial charge < -0.3 is 30.6 Å². The smallest absolute Gasteiger partial charge is 0.303 e. The van der Waals surface area contributed by atoms with E-state index in [0.29, 0.717) is 12.8 Å². The number of carboxylic acid groups (broad SMARTS) is 3. The molecule has 284 valence electrons. The Morgan fingerprint density at radius 2 is 0.574 bits per heavy atom. The summed E-state index contributed by atoms with van der Waals surface area (Å²) in [7, 11) is 0. The van der Waals surface area contributed by atoms with E-state index in [2.05, 4.69) is 13.8 Å². The first kappa shape index (κ1) is 52.1. The number of hydrogen-bond acceptors (Lipinski definition) is 6. The van der Waals surface area contributed by atoms with Crippen molar-refractivity contribution in [3.05, 3.63) is 0 Å². The second-order valence-corrected chi connectivity index (χ2v) is 12.7. The Hall–Kier alpha value is -1.71. The summed E-state index contributed by atoms with van der Waals surface area (Å²) in [6.45, 7) is 4.88. The highest BCUT2D eigenvalue weighted by atomic mass is 16.4. The largest absolute Gasteiger partial charge is 0.481 e. The predicted octanol–water partition coefficient (Wildman–Crippen LogP) is 9.92. The Labute approximate surface area is 289 Å². The zero-order chi connectivity index (χ0) is 36.2. The molecule has 0 aliphatic rings. The van der Waals surface area contributed by atoms with Crippen LogP contribution in [0.3, 0.4) is 0 Å². The van der Waals surface area contributed by atoms with Gasteiger partial charge in [0, 0.05) is 19.8 Å². The number of carbonyl (C=O) groups is 3. The molecule has 0 bridgehead atoms. The zero-order valence-corrected chi connectivity index (χ0v) is 30.9. The Balaban J connectivity index is -0.000000307. The minimum atomic E-state index is -0.954. The van der Waals surface area contributed by atoms with Crippen molar-refractivity contribution in [2.75, 3.05) is 13.2 Å². The van der Waals surface area contributed by atoms with Gasteiger partial charge in [0.1, 0.15) is 6.10 Å². The molecule has 0 unspecified atom stereocenters. The van der Waals surface area contributed by atoms with E-state index < -0.39 is 24.0 Å². The van der Waals surface area contributed by atoms with Crippen molar-refractivity contribution in [1.29, 1.82) is 0 Å². The molecule has 0 aromatic carbocycles. The topological polar surface area (TPSA) is 173 Å². The number of rotatable bonds is 31. The SMILES string of the molecule is CC(=O)O.CCCCCCCCCCCCCCC(=O)O.CCCCCCCCCCCCCCCCCC(=O)O.OCC(O)CO. The molecule has 0 fully saturated rings. The number of unbranched alkanes of at least 4 members (excludes halogenated alkanes) is 25. The van der Waals surface area contributed by atoms with Gasteiger partial charge in [0.15, 0.2) is 0 Å². The van der Waals surface area contributed by atoms with E-state index in [-0.39, 0.29) is 13.2 Å². The molecule has 0 aliphatic heterocycles. The van der Waals surface area contributed by atoms with Crippen LogP contribution in [0.2, 0.25) is 0 Å². The van der Waals surface area contributed by atoms with Crippen LogP contribution in [-0.2, 0) is 14.4 Å². The van der Waals surface area contributed by atoms with Gasteiger partial charge in [-0.3, -0.25) is 14.4 Å². The van der Waals surface area contributed by atoms with Crippen molar-refractivity contribution < 1.29 is 45.0 Å². The summed E-state index contributed by atoms with van der Waals surface area (Å²) < 4.78 is 0. The van der Waals surface area contributed by atoms with Gasteiger partial charge in [-0.1, -0.05) is 174 Å². The van der Waals surface area contributed by atoms with Crippen molar-refractivity contribution in [2.45, 2.75) is 213 Å². The lowest BCUT2D eigenvalue weighted by Gasteiger charge is -2.03. The number of aliphatic hydroxyl groups excluding tert-OH is 3. The molecule has 0 aliphatic carbocycles. The molecule has 9 nitrogen and oxygen atoms in total. The fourth-order valence-electron chi connectivity index (χ4n) is 4.82. The number of carboxylic acids is 3. The Morgan fingerprint density at radius 3 is 0.702 bits per heavy atom. The molecule has 0 radical (unpaired) electrons. The average molecular weight is 679 g/mol. The van der Waals surface area contributed by atoms with Crippen LogP contribution in [0.5, 0.6) is 0 Å². The van der Waals surface area contributed by atoms with Crippen LogP contribution in [0.15, 0.2) is 0 Å². The molecule has 0 spiro atoms. The highest BCUT2D eigenvalue weighted by Gasteiger charge is 1.98. The molecule has 0 heterocycles. The fraction of sp³-hybridized carbons (Fsp3) is 0.921. The maximum atomic E-state index is 10.3. The Kier molecular flexibility index (Phi) is 54.0. The van der Waals surface area contributed by atoms with Gasteiger partial charge in [0.25, 0.3) is 5.97 Å². The quantitative estimate of drug-likeness (QED) is 0.0390. The lowest BCUT2D eigenvalue weighted by Crippen LogP contribution is -2.15. The van der Waals surface area contributed by atoms with E-state index in [4.69, 9.17) is 35.4 Å². The molecule has 0 amide bonds. The van der Waals surface area contributed by atoms with E-state index in [1.54, 1.807) is 0 Å². The first-order valence-corrected chi connectivity index (χ1v) is 19.1. The second-order valence-electron chi connectivity index (χ2n) is 12.7. The van der Waals surface area contributed by atoms with E-state index in [0.717, 1.165) is 32.6 Å². The Morgan fingerprint density at radius 1 is 0.404 bits per heavy atom. The van der Waals surface area contributed by atoms with E-state index >= 15 is 0 Å². The van der Waals surface area contributed by atoms with Gasteiger partial charge in [0.2, 0.25) is 0 Å². The molecular weight excluding hydrogens is 600 g/mol. The third-order valence-corrected chi connectivity index (χ3v) is 7.66. The van der Waals surface area contributed by atoms with Crippen LogP contribution in [0.4, 0.5) is 0 Å². The van der Waals surface area contributed by atoms with Crippen LogP contribution < -0.4 is 0 Å². The lowest BCUT2D eigenvalue weighted by atomic mass is 10.0. The van der Waals surface area contributed by atoms with Crippen LogP contribution >= 0.6 is 0 Å². The first-order valence-electron chi connectivity index (χ1n) is 19.1. The van der Waals surface area contributed by atoms with Crippen LogP contribution in [0, 0.1) is 0 Å². The lowest BCUT2D eigenvalue weighted by molar-refractivity contribution is -0.138. The molecule has 0 aromatic heterocycles. The number of aliphatic carboxylic acids is 3. The monoisotopic (exact) mass is 679 g/mol. The normalized spacial score (nSPS) is 10.3.